The van der Waals surface area contributed by atoms with E-state index in [0.717, 1.165) is 72.2 Å². The number of aromatic nitrogens is 4. The van der Waals surface area contributed by atoms with E-state index < -0.39 is 30.0 Å². The average Bonchev–Trinajstić information content (AvgIpc) is 3.84. The van der Waals surface area contributed by atoms with E-state index in [1.54, 1.807) is 0 Å². The fourth-order valence-electron chi connectivity index (χ4n) is 6.19. The van der Waals surface area contributed by atoms with Crippen molar-refractivity contribution in [3.05, 3.63) is 81.8 Å². The minimum Gasteiger partial charge on any atom is -0.449 e. The lowest BCUT2D eigenvalue weighted by molar-refractivity contribution is -0.275. The van der Waals surface area contributed by atoms with E-state index in [9.17, 15) is 35.9 Å². The summed E-state index contributed by atoms with van der Waals surface area (Å²) in [6, 6.07) is 9.34. The topological polar surface area (TPSA) is 151 Å². The monoisotopic (exact) mass is 946 g/mol. The number of hydrogen-bond acceptors (Lipinski definition) is 12. The maximum absolute atomic E-state index is 12.3. The summed E-state index contributed by atoms with van der Waals surface area (Å²) in [5.74, 6) is -2.43. The van der Waals surface area contributed by atoms with E-state index in [4.69, 9.17) is 27.8 Å². The van der Waals surface area contributed by atoms with Crippen LogP contribution in [0.5, 0.6) is 23.7 Å². The number of hydrogen-bond donors (Lipinski definition) is 0. The number of alkyl halides is 6. The smallest absolute Gasteiger partial charge is 0.449 e. The van der Waals surface area contributed by atoms with Gasteiger partial charge in [0.2, 0.25) is 0 Å². The maximum Gasteiger partial charge on any atom is 0.573 e. The summed E-state index contributed by atoms with van der Waals surface area (Å²) in [5, 5.41) is 7.78. The number of rotatable bonds is 33. The van der Waals surface area contributed by atoms with Gasteiger partial charge >= 0.3 is 36.4 Å². The molecular formula is C46H64F6N4O10. The summed E-state index contributed by atoms with van der Waals surface area (Å²) < 4.78 is 114. The van der Waals surface area contributed by atoms with Crippen LogP contribution in [0.1, 0.15) is 129 Å². The minimum absolute atomic E-state index is 0.106. The predicted octanol–water partition coefficient (Wildman–Crippen LogP) is 11.9. The second-order valence-electron chi connectivity index (χ2n) is 15.1. The molecule has 4 rings (SSSR count). The van der Waals surface area contributed by atoms with Gasteiger partial charge in [-0.1, -0.05) is 113 Å². The average molecular weight is 947 g/mol. The van der Waals surface area contributed by atoms with Crippen molar-refractivity contribution in [1.82, 2.24) is 19.6 Å². The molecule has 2 aromatic carbocycles. The number of allylic oxidation sites excluding steroid dienone is 2. The van der Waals surface area contributed by atoms with Crippen molar-refractivity contribution in [3.8, 4) is 35.0 Å². The van der Waals surface area contributed by atoms with Crippen LogP contribution in [0.3, 0.4) is 0 Å². The molecule has 0 N–H and O–H groups in total. The quantitative estimate of drug-likeness (QED) is 0.0254. The Morgan fingerprint density at radius 2 is 0.848 bits per heavy atom. The van der Waals surface area contributed by atoms with E-state index in [-0.39, 0.29) is 42.5 Å². The Morgan fingerprint density at radius 3 is 1.30 bits per heavy atom. The molecule has 0 saturated heterocycles. The first-order chi connectivity index (χ1) is 31.8. The standard InChI is InChI=1S/C27H39F3N2O4.C19H25F3N2O6/c1-2-3-4-5-6-7-8-9-10-11-12-13-14-15-16-17-22-34-25-31-32(26(33)35-25)23-18-20-24(21-19-23)36-27(28,29)30;1-2-3-4-5-10-26-11-12-27-13-14-28-17-23-24(18(25)29-17)15-6-8-16(9-7-15)30-19(20,21)22/h9-10,18-21H,2-8,11-17,22H2,1H3;6-9H,2-5,10-14H2,1H3/b10-9-;. The largest absolute Gasteiger partial charge is 0.573 e. The number of unbranched alkanes of at least 4 members (excludes halogenated alkanes) is 15. The summed E-state index contributed by atoms with van der Waals surface area (Å²) in [4.78, 5) is 23.8. The molecule has 2 aromatic heterocycles. The lowest BCUT2D eigenvalue weighted by Gasteiger charge is -2.08. The first-order valence-corrected chi connectivity index (χ1v) is 22.8. The van der Waals surface area contributed by atoms with Crippen LogP contribution >= 0.6 is 0 Å². The van der Waals surface area contributed by atoms with Gasteiger partial charge in [0.1, 0.15) is 18.1 Å². The molecule has 0 amide bonds. The van der Waals surface area contributed by atoms with Gasteiger partial charge in [-0.05, 0) is 87.1 Å². The third-order valence-electron chi connectivity index (χ3n) is 9.54. The van der Waals surface area contributed by atoms with Gasteiger partial charge in [-0.3, -0.25) is 0 Å². The molecule has 0 radical (unpaired) electrons. The number of nitrogens with zero attached hydrogens (tertiary/aromatic N) is 4. The van der Waals surface area contributed by atoms with Gasteiger partial charge in [0.15, 0.2) is 0 Å². The highest BCUT2D eigenvalue weighted by molar-refractivity contribution is 5.37. The van der Waals surface area contributed by atoms with Crippen molar-refractivity contribution < 1.29 is 63.6 Å². The third-order valence-corrected chi connectivity index (χ3v) is 9.54. The van der Waals surface area contributed by atoms with Gasteiger partial charge in [-0.15, -0.1) is 26.3 Å². The second-order valence-corrected chi connectivity index (χ2v) is 15.1. The van der Waals surface area contributed by atoms with E-state index in [0.29, 0.717) is 26.4 Å². The Hall–Kier alpha value is -5.24. The first-order valence-electron chi connectivity index (χ1n) is 22.8. The molecule has 0 atom stereocenters. The number of halogens is 6. The zero-order valence-electron chi connectivity index (χ0n) is 37.9. The lowest BCUT2D eigenvalue weighted by Crippen LogP contribution is -2.17. The molecule has 20 heteroatoms. The molecular weight excluding hydrogens is 883 g/mol. The first kappa shape index (κ1) is 55.1. The highest BCUT2D eigenvalue weighted by Gasteiger charge is 2.32. The van der Waals surface area contributed by atoms with Crippen molar-refractivity contribution in [1.29, 1.82) is 0 Å². The van der Waals surface area contributed by atoms with Crippen LogP contribution < -0.4 is 30.5 Å². The summed E-state index contributed by atoms with van der Waals surface area (Å²) in [5.41, 5.74) is 0.436. The van der Waals surface area contributed by atoms with E-state index >= 15 is 0 Å². The Bertz CT molecular complexity index is 1990. The van der Waals surface area contributed by atoms with Crippen molar-refractivity contribution in [2.75, 3.05) is 39.6 Å². The Morgan fingerprint density at radius 1 is 0.485 bits per heavy atom. The van der Waals surface area contributed by atoms with E-state index in [1.165, 1.54) is 101 Å². The zero-order valence-corrected chi connectivity index (χ0v) is 37.9. The van der Waals surface area contributed by atoms with Gasteiger partial charge in [-0.2, -0.15) is 9.36 Å². The van der Waals surface area contributed by atoms with Gasteiger partial charge in [0.25, 0.3) is 0 Å². The van der Waals surface area contributed by atoms with Crippen LogP contribution in [-0.4, -0.2) is 71.9 Å². The third kappa shape index (κ3) is 24.9. The van der Waals surface area contributed by atoms with Gasteiger partial charge in [0.05, 0.1) is 37.8 Å². The van der Waals surface area contributed by atoms with Crippen molar-refractivity contribution >= 4 is 0 Å². The van der Waals surface area contributed by atoms with E-state index in [1.807, 2.05) is 0 Å². The van der Waals surface area contributed by atoms with Crippen molar-refractivity contribution in [2.45, 2.75) is 142 Å². The predicted molar refractivity (Wildman–Crippen MR) is 234 cm³/mol. The van der Waals surface area contributed by atoms with Crippen molar-refractivity contribution in [3.63, 3.8) is 0 Å². The van der Waals surface area contributed by atoms with Crippen LogP contribution in [0.15, 0.2) is 79.1 Å². The fraction of sp³-hybridized carbons (Fsp3) is 0.609. The molecule has 0 unspecified atom stereocenters. The highest BCUT2D eigenvalue weighted by atomic mass is 19.4. The molecule has 0 fully saturated rings. The van der Waals surface area contributed by atoms with Crippen LogP contribution in [0.4, 0.5) is 26.3 Å². The van der Waals surface area contributed by atoms with E-state index in [2.05, 4.69) is 45.7 Å². The highest BCUT2D eigenvalue weighted by Crippen LogP contribution is 2.25. The van der Waals surface area contributed by atoms with Gasteiger partial charge in [-0.25, -0.2) is 9.59 Å². The minimum atomic E-state index is -4.80. The normalized spacial score (nSPS) is 11.8. The van der Waals surface area contributed by atoms with Crippen LogP contribution in [0, 0.1) is 0 Å². The van der Waals surface area contributed by atoms with Gasteiger partial charge in [0, 0.05) is 6.61 Å². The summed E-state index contributed by atoms with van der Waals surface area (Å²) in [7, 11) is 0. The molecule has 0 aliphatic carbocycles. The summed E-state index contributed by atoms with van der Waals surface area (Å²) in [6.45, 7) is 6.75. The molecule has 0 saturated carbocycles. The van der Waals surface area contributed by atoms with Crippen LogP contribution in [0.2, 0.25) is 0 Å². The Kier molecular flexibility index (Phi) is 26.4. The molecule has 4 aromatic rings. The maximum atomic E-state index is 12.3. The molecule has 0 spiro atoms. The fourth-order valence-corrected chi connectivity index (χ4v) is 6.19. The summed E-state index contributed by atoms with van der Waals surface area (Å²) >= 11 is 0. The Balaban J connectivity index is 0.000000356. The molecule has 66 heavy (non-hydrogen) atoms. The molecule has 0 bridgehead atoms. The zero-order chi connectivity index (χ0) is 47.9. The Labute approximate surface area is 381 Å². The lowest BCUT2D eigenvalue weighted by atomic mass is 10.1. The second kappa shape index (κ2) is 31.6. The van der Waals surface area contributed by atoms with Crippen LogP contribution in [0.25, 0.3) is 11.4 Å². The van der Waals surface area contributed by atoms with Gasteiger partial charge < -0.3 is 37.3 Å². The molecule has 2 heterocycles. The molecule has 14 nitrogen and oxygen atoms in total. The summed E-state index contributed by atoms with van der Waals surface area (Å²) in [6.07, 6.45) is 16.2. The van der Waals surface area contributed by atoms with Crippen molar-refractivity contribution in [2.24, 2.45) is 0 Å². The molecule has 370 valence electrons. The SMILES string of the molecule is CCCCCCCC/C=C\CCCCCCCCOc1nn(-c2ccc(OC(F)(F)F)cc2)c(=O)o1.CCCCCCOCCOCCOc1nn(-c2ccc(OC(F)(F)F)cc2)c(=O)o1. The van der Waals surface area contributed by atoms with Crippen LogP contribution in [-0.2, 0) is 9.47 Å². The number of ether oxygens (including phenoxy) is 6. The molecule has 0 aliphatic rings. The number of benzene rings is 2. The molecule has 0 aliphatic heterocycles.